The van der Waals surface area contributed by atoms with E-state index in [-0.39, 0.29) is 36.5 Å². The number of carboxylic acid groups (broad SMARTS) is 1. The van der Waals surface area contributed by atoms with Crippen molar-refractivity contribution >= 4 is 18.0 Å². The first-order chi connectivity index (χ1) is 13.1. The number of benzene rings is 1. The van der Waals surface area contributed by atoms with Crippen LogP contribution in [0.25, 0.3) is 6.08 Å². The zero-order chi connectivity index (χ0) is 19.1. The number of carbonyl (C=O) groups is 1. The second-order valence-electron chi connectivity index (χ2n) is 6.97. The number of hydrogen-bond donors (Lipinski definition) is 2. The molecule has 0 saturated carbocycles. The molecule has 1 aliphatic rings. The van der Waals surface area contributed by atoms with E-state index in [0.717, 1.165) is 32.5 Å². The Hall–Kier alpha value is -1.73. The van der Waals surface area contributed by atoms with Gasteiger partial charge >= 0.3 is 35.5 Å². The minimum absolute atomic E-state index is 0. The van der Waals surface area contributed by atoms with Gasteiger partial charge in [0.2, 0.25) is 5.95 Å². The summed E-state index contributed by atoms with van der Waals surface area (Å²) in [5.74, 6) is 0.249. The van der Waals surface area contributed by atoms with E-state index in [2.05, 4.69) is 51.4 Å². The fraction of sp³-hybridized carbons (Fsp3) is 0.381. The van der Waals surface area contributed by atoms with Crippen molar-refractivity contribution in [3.8, 4) is 0 Å². The van der Waals surface area contributed by atoms with Crippen molar-refractivity contribution in [2.24, 2.45) is 5.92 Å². The smallest absolute Gasteiger partial charge is 1.00 e. The van der Waals surface area contributed by atoms with E-state index >= 15 is 0 Å². The number of carboxylic acids is 1. The summed E-state index contributed by atoms with van der Waals surface area (Å²) >= 11 is 0. The summed E-state index contributed by atoms with van der Waals surface area (Å²) in [4.78, 5) is 21.4. The van der Waals surface area contributed by atoms with Crippen LogP contribution in [0.1, 0.15) is 37.1 Å². The summed E-state index contributed by atoms with van der Waals surface area (Å²) in [6.45, 7) is 4.96. The monoisotopic (exact) mass is 390 g/mol. The Balaban J connectivity index is 0.00000210. The molecule has 0 radical (unpaired) electrons. The van der Waals surface area contributed by atoms with Gasteiger partial charge in [-0.3, -0.25) is 0 Å². The molecular weight excluding hydrogens is 363 g/mol. The van der Waals surface area contributed by atoms with Crippen molar-refractivity contribution in [3.63, 3.8) is 0 Å². The average molecular weight is 390 g/mol. The van der Waals surface area contributed by atoms with E-state index < -0.39 is 5.97 Å². The molecule has 2 N–H and O–H groups in total. The predicted molar refractivity (Wildman–Crippen MR) is 108 cm³/mol. The van der Waals surface area contributed by atoms with Gasteiger partial charge < -0.3 is 16.7 Å². The molecule has 1 aliphatic heterocycles. The van der Waals surface area contributed by atoms with Crippen LogP contribution >= 0.6 is 0 Å². The van der Waals surface area contributed by atoms with E-state index in [9.17, 15) is 4.79 Å². The summed E-state index contributed by atoms with van der Waals surface area (Å²) < 4.78 is 0. The van der Waals surface area contributed by atoms with Crippen LogP contribution in [0, 0.1) is 5.92 Å². The van der Waals surface area contributed by atoms with Crippen LogP contribution in [0.3, 0.4) is 0 Å². The molecule has 1 saturated heterocycles. The zero-order valence-electron chi connectivity index (χ0n) is 17.6. The van der Waals surface area contributed by atoms with E-state index in [1.165, 1.54) is 18.0 Å². The Morgan fingerprint density at radius 3 is 2.54 bits per heavy atom. The number of aromatic carboxylic acids is 1. The number of rotatable bonds is 7. The number of nitrogens with one attached hydrogen (secondary N) is 1. The van der Waals surface area contributed by atoms with Gasteiger partial charge in [-0.15, -0.1) is 0 Å². The molecule has 28 heavy (non-hydrogen) atoms. The average Bonchev–Trinajstić information content (AvgIpc) is 2.72. The van der Waals surface area contributed by atoms with E-state index in [0.29, 0.717) is 17.9 Å². The van der Waals surface area contributed by atoms with Crippen molar-refractivity contribution in [2.75, 3.05) is 24.5 Å². The number of anilines is 1. The summed E-state index contributed by atoms with van der Waals surface area (Å²) in [7, 11) is 0. The van der Waals surface area contributed by atoms with Gasteiger partial charge in [0, 0.05) is 31.5 Å². The molecule has 2 heterocycles. The number of aromatic nitrogens is 2. The second-order valence-corrected chi connectivity index (χ2v) is 6.97. The zero-order valence-corrected chi connectivity index (χ0v) is 18.6. The van der Waals surface area contributed by atoms with Gasteiger partial charge in [0.1, 0.15) is 0 Å². The molecule has 0 aliphatic carbocycles. The fourth-order valence-electron chi connectivity index (χ4n) is 3.17. The van der Waals surface area contributed by atoms with Gasteiger partial charge in [-0.2, -0.15) is 0 Å². The molecule has 1 aromatic heterocycles. The topological polar surface area (TPSA) is 78.4 Å². The Bertz CT molecular complexity index is 766. The molecule has 1 aromatic carbocycles. The molecule has 3 rings (SSSR count). The molecule has 1 fully saturated rings. The van der Waals surface area contributed by atoms with Crippen LogP contribution in [-0.4, -0.2) is 46.7 Å². The maximum absolute atomic E-state index is 10.9. The molecule has 7 heteroatoms. The van der Waals surface area contributed by atoms with E-state index in [4.69, 9.17) is 5.11 Å². The second kappa shape index (κ2) is 11.3. The molecule has 1 unspecified atom stereocenters. The van der Waals surface area contributed by atoms with Gasteiger partial charge in [0.05, 0.1) is 5.56 Å². The summed E-state index contributed by atoms with van der Waals surface area (Å²) in [5, 5.41) is 12.5. The SMILES string of the molecule is CC(/C=C/c1ccccc1)NCC1CCN(c2ncc(C(=O)O)cn2)CC1.[H-].[Na+]. The molecule has 0 amide bonds. The summed E-state index contributed by atoms with van der Waals surface area (Å²) in [6, 6.07) is 10.6. The minimum Gasteiger partial charge on any atom is -1.00 e. The minimum atomic E-state index is -0.998. The third-order valence-corrected chi connectivity index (χ3v) is 4.89. The Kier molecular flexibility index (Phi) is 9.12. The van der Waals surface area contributed by atoms with Crippen LogP contribution in [0.15, 0.2) is 48.8 Å². The van der Waals surface area contributed by atoms with E-state index in [1.807, 2.05) is 18.2 Å². The molecule has 2 aromatic rings. The molecule has 1 atom stereocenters. The van der Waals surface area contributed by atoms with Gasteiger partial charge in [0.15, 0.2) is 0 Å². The largest absolute Gasteiger partial charge is 1.00 e. The molecule has 6 nitrogen and oxygen atoms in total. The van der Waals surface area contributed by atoms with Gasteiger partial charge in [-0.25, -0.2) is 14.8 Å². The molecular formula is C21H27N4NaO2. The van der Waals surface area contributed by atoms with Crippen molar-refractivity contribution in [3.05, 3.63) is 59.9 Å². The number of nitrogens with zero attached hydrogens (tertiary/aromatic N) is 3. The van der Waals surface area contributed by atoms with Crippen molar-refractivity contribution < 1.29 is 40.9 Å². The first kappa shape index (κ1) is 22.6. The normalized spacial score (nSPS) is 16.0. The van der Waals surface area contributed by atoms with Crippen LogP contribution in [0.5, 0.6) is 0 Å². The molecule has 0 spiro atoms. The van der Waals surface area contributed by atoms with Crippen molar-refractivity contribution in [2.45, 2.75) is 25.8 Å². The van der Waals surface area contributed by atoms with E-state index in [1.54, 1.807) is 0 Å². The fourth-order valence-corrected chi connectivity index (χ4v) is 3.17. The number of piperidine rings is 1. The third-order valence-electron chi connectivity index (χ3n) is 4.89. The standard InChI is InChI=1S/C21H26N4O2.Na.H/c1-16(7-8-17-5-3-2-4-6-17)22-13-18-9-11-25(12-10-18)21-23-14-19(15-24-21)20(26)27;;/h2-8,14-16,18,22H,9-13H2,1H3,(H,26,27);;/q;+1;-1/b8-7+;;. The van der Waals surface area contributed by atoms with Crippen LogP contribution in [0.4, 0.5) is 5.95 Å². The Morgan fingerprint density at radius 2 is 1.93 bits per heavy atom. The maximum Gasteiger partial charge on any atom is 1.00 e. The first-order valence-electron chi connectivity index (χ1n) is 9.39. The van der Waals surface area contributed by atoms with Crippen molar-refractivity contribution in [1.82, 2.24) is 15.3 Å². The van der Waals surface area contributed by atoms with Crippen LogP contribution in [0.2, 0.25) is 0 Å². The first-order valence-corrected chi connectivity index (χ1v) is 9.39. The number of hydrogen-bond acceptors (Lipinski definition) is 5. The van der Waals surface area contributed by atoms with Crippen LogP contribution in [-0.2, 0) is 0 Å². The molecule has 144 valence electrons. The summed E-state index contributed by atoms with van der Waals surface area (Å²) in [6.07, 6.45) is 9.25. The quantitative estimate of drug-likeness (QED) is 0.658. The maximum atomic E-state index is 10.9. The Morgan fingerprint density at radius 1 is 1.29 bits per heavy atom. The molecule has 0 bridgehead atoms. The predicted octanol–water partition coefficient (Wildman–Crippen LogP) is 0.199. The van der Waals surface area contributed by atoms with Gasteiger partial charge in [-0.05, 0) is 37.8 Å². The van der Waals surface area contributed by atoms with Gasteiger partial charge in [-0.1, -0.05) is 42.5 Å². The summed E-state index contributed by atoms with van der Waals surface area (Å²) in [5.41, 5.74) is 1.34. The Labute approximate surface area is 189 Å². The van der Waals surface area contributed by atoms with Crippen LogP contribution < -0.4 is 39.8 Å². The van der Waals surface area contributed by atoms with Crippen molar-refractivity contribution in [1.29, 1.82) is 0 Å². The third kappa shape index (κ3) is 6.71. The van der Waals surface area contributed by atoms with Gasteiger partial charge in [0.25, 0.3) is 0 Å².